The van der Waals surface area contributed by atoms with Crippen LogP contribution in [0, 0.1) is 6.92 Å². The number of benzene rings is 2. The molecule has 0 bridgehead atoms. The molecule has 3 rings (SSSR count). The number of nitrogens with one attached hydrogen (secondary N) is 1. The summed E-state index contributed by atoms with van der Waals surface area (Å²) in [5.41, 5.74) is 2.62. The highest BCUT2D eigenvalue weighted by Gasteiger charge is 2.36. The fourth-order valence-electron chi connectivity index (χ4n) is 2.94. The second-order valence-corrected chi connectivity index (χ2v) is 5.45. The van der Waals surface area contributed by atoms with Crippen molar-refractivity contribution in [3.63, 3.8) is 0 Å². The van der Waals surface area contributed by atoms with Gasteiger partial charge < -0.3 is 5.32 Å². The number of hydrogen-bond donors (Lipinski definition) is 1. The van der Waals surface area contributed by atoms with Crippen LogP contribution in [0.2, 0.25) is 0 Å². The van der Waals surface area contributed by atoms with E-state index in [0.717, 1.165) is 29.2 Å². The Bertz CT molecular complexity index is 644. The molecule has 0 amide bonds. The number of para-hydroxylation sites is 1. The van der Waals surface area contributed by atoms with Crippen LogP contribution in [0.5, 0.6) is 0 Å². The molecule has 0 saturated heterocycles. The number of alkyl halides is 3. The van der Waals surface area contributed by atoms with Crippen molar-refractivity contribution in [3.05, 3.63) is 64.7 Å². The van der Waals surface area contributed by atoms with E-state index in [2.05, 4.69) is 5.32 Å². The molecule has 1 atom stereocenters. The van der Waals surface area contributed by atoms with Crippen molar-refractivity contribution in [3.8, 4) is 0 Å². The van der Waals surface area contributed by atoms with E-state index in [-0.39, 0.29) is 11.6 Å². The van der Waals surface area contributed by atoms with Gasteiger partial charge in [-0.05, 0) is 30.5 Å². The van der Waals surface area contributed by atoms with E-state index in [1.165, 1.54) is 6.07 Å². The summed E-state index contributed by atoms with van der Waals surface area (Å²) in [6, 6.07) is 12.5. The Labute approximate surface area is 121 Å². The number of rotatable bonds is 1. The summed E-state index contributed by atoms with van der Waals surface area (Å²) in [6.07, 6.45) is -3.52. The van der Waals surface area contributed by atoms with E-state index >= 15 is 0 Å². The highest BCUT2D eigenvalue weighted by molar-refractivity contribution is 5.63. The largest absolute Gasteiger partial charge is 0.418 e. The molecule has 0 radical (unpaired) electrons. The van der Waals surface area contributed by atoms with Gasteiger partial charge in [0.05, 0.1) is 11.3 Å². The minimum atomic E-state index is -4.33. The Morgan fingerprint density at radius 3 is 2.43 bits per heavy atom. The summed E-state index contributed by atoms with van der Waals surface area (Å²) in [4.78, 5) is 0. The van der Waals surface area contributed by atoms with Gasteiger partial charge in [-0.25, -0.2) is 0 Å². The van der Waals surface area contributed by atoms with Crippen LogP contribution in [0.15, 0.2) is 42.5 Å². The van der Waals surface area contributed by atoms with Crippen LogP contribution in [-0.2, 0) is 6.18 Å². The molecule has 0 aromatic heterocycles. The molecule has 0 saturated carbocycles. The average molecular weight is 291 g/mol. The van der Waals surface area contributed by atoms with Crippen molar-refractivity contribution in [2.75, 3.05) is 11.9 Å². The van der Waals surface area contributed by atoms with Crippen molar-refractivity contribution >= 4 is 5.69 Å². The predicted molar refractivity (Wildman–Crippen MR) is 77.6 cm³/mol. The number of hydrogen-bond acceptors (Lipinski definition) is 1. The zero-order valence-electron chi connectivity index (χ0n) is 11.7. The molecule has 1 nitrogen and oxygen atoms in total. The Kier molecular flexibility index (Phi) is 3.40. The fraction of sp³-hybridized carbons (Fsp3) is 0.294. The molecule has 1 aliphatic heterocycles. The van der Waals surface area contributed by atoms with Gasteiger partial charge in [-0.15, -0.1) is 0 Å². The van der Waals surface area contributed by atoms with Gasteiger partial charge in [0.1, 0.15) is 0 Å². The van der Waals surface area contributed by atoms with Gasteiger partial charge in [0.2, 0.25) is 0 Å². The van der Waals surface area contributed by atoms with Gasteiger partial charge in [0.25, 0.3) is 0 Å². The molecule has 0 fully saturated rings. The predicted octanol–water partition coefficient (Wildman–Crippen LogP) is 4.96. The van der Waals surface area contributed by atoms with E-state index in [0.29, 0.717) is 6.54 Å². The molecule has 2 aromatic carbocycles. The lowest BCUT2D eigenvalue weighted by Gasteiger charge is -2.29. The van der Waals surface area contributed by atoms with Crippen LogP contribution in [0.25, 0.3) is 0 Å². The quantitative estimate of drug-likeness (QED) is 0.783. The molecule has 1 unspecified atom stereocenters. The van der Waals surface area contributed by atoms with E-state index in [9.17, 15) is 13.2 Å². The highest BCUT2D eigenvalue weighted by Crippen LogP contribution is 2.43. The van der Waals surface area contributed by atoms with Crippen LogP contribution in [-0.4, -0.2) is 6.54 Å². The summed E-state index contributed by atoms with van der Waals surface area (Å²) >= 11 is 0. The average Bonchev–Trinajstić information content (AvgIpc) is 2.46. The minimum absolute atomic E-state index is 0.0177. The van der Waals surface area contributed by atoms with Crippen LogP contribution in [0.3, 0.4) is 0 Å². The first-order chi connectivity index (χ1) is 9.97. The van der Waals surface area contributed by atoms with Crippen LogP contribution >= 0.6 is 0 Å². The minimum Gasteiger partial charge on any atom is -0.384 e. The topological polar surface area (TPSA) is 12.0 Å². The van der Waals surface area contributed by atoms with Gasteiger partial charge in [0.15, 0.2) is 0 Å². The monoisotopic (exact) mass is 291 g/mol. The lowest BCUT2D eigenvalue weighted by molar-refractivity contribution is -0.137. The van der Waals surface area contributed by atoms with Crippen molar-refractivity contribution in [1.82, 2.24) is 0 Å². The Balaban J connectivity index is 2.08. The first-order valence-electron chi connectivity index (χ1n) is 6.97. The van der Waals surface area contributed by atoms with Gasteiger partial charge in [-0.2, -0.15) is 13.2 Å². The van der Waals surface area contributed by atoms with Crippen LogP contribution in [0.4, 0.5) is 18.9 Å². The van der Waals surface area contributed by atoms with Crippen molar-refractivity contribution in [2.45, 2.75) is 25.4 Å². The maximum Gasteiger partial charge on any atom is 0.418 e. The molecule has 0 aliphatic carbocycles. The van der Waals surface area contributed by atoms with Crippen molar-refractivity contribution in [2.24, 2.45) is 0 Å². The molecule has 4 heteroatoms. The molecule has 1 heterocycles. The van der Waals surface area contributed by atoms with Crippen molar-refractivity contribution < 1.29 is 13.2 Å². The number of fused-ring (bicyclic) bond motifs is 1. The second kappa shape index (κ2) is 5.10. The van der Waals surface area contributed by atoms with E-state index < -0.39 is 11.7 Å². The smallest absolute Gasteiger partial charge is 0.384 e. The summed E-state index contributed by atoms with van der Waals surface area (Å²) in [5, 5.41) is 2.93. The van der Waals surface area contributed by atoms with E-state index in [1.807, 2.05) is 31.2 Å². The highest BCUT2D eigenvalue weighted by atomic mass is 19.4. The molecular weight excluding hydrogens is 275 g/mol. The Morgan fingerprint density at radius 1 is 1.05 bits per heavy atom. The summed E-state index contributed by atoms with van der Waals surface area (Å²) in [6.45, 7) is 2.56. The van der Waals surface area contributed by atoms with Crippen LogP contribution < -0.4 is 5.32 Å². The third-order valence-electron chi connectivity index (χ3n) is 3.99. The SMILES string of the molecule is Cc1ccc(C2CCNc3c2cccc3C(F)(F)F)cc1. The molecule has 21 heavy (non-hydrogen) atoms. The molecule has 0 spiro atoms. The first kappa shape index (κ1) is 14.0. The first-order valence-corrected chi connectivity index (χ1v) is 6.97. The lowest BCUT2D eigenvalue weighted by atomic mass is 9.83. The van der Waals surface area contributed by atoms with Crippen LogP contribution in [0.1, 0.15) is 34.6 Å². The van der Waals surface area contributed by atoms with E-state index in [1.54, 1.807) is 6.07 Å². The van der Waals surface area contributed by atoms with Gasteiger partial charge in [0, 0.05) is 12.5 Å². The molecule has 1 aliphatic rings. The van der Waals surface area contributed by atoms with Crippen molar-refractivity contribution in [1.29, 1.82) is 0 Å². The zero-order chi connectivity index (χ0) is 15.0. The normalized spacial score (nSPS) is 18.0. The van der Waals surface area contributed by atoms with E-state index in [4.69, 9.17) is 0 Å². The van der Waals surface area contributed by atoms with Gasteiger partial charge in [-0.3, -0.25) is 0 Å². The molecule has 110 valence electrons. The number of aryl methyl sites for hydroxylation is 1. The van der Waals surface area contributed by atoms with Gasteiger partial charge in [-0.1, -0.05) is 42.0 Å². The Morgan fingerprint density at radius 2 is 1.76 bits per heavy atom. The Hall–Kier alpha value is -1.97. The summed E-state index contributed by atoms with van der Waals surface area (Å²) in [7, 11) is 0. The summed E-state index contributed by atoms with van der Waals surface area (Å²) < 4.78 is 39.4. The second-order valence-electron chi connectivity index (χ2n) is 5.45. The van der Waals surface area contributed by atoms with Gasteiger partial charge >= 0.3 is 6.18 Å². The zero-order valence-corrected chi connectivity index (χ0v) is 11.7. The fourth-order valence-corrected chi connectivity index (χ4v) is 2.94. The maximum absolute atomic E-state index is 13.1. The maximum atomic E-state index is 13.1. The third-order valence-corrected chi connectivity index (χ3v) is 3.99. The molecule has 1 N–H and O–H groups in total. The number of halogens is 3. The number of anilines is 1. The standard InChI is InChI=1S/C17H16F3N/c1-11-5-7-12(8-6-11)13-9-10-21-16-14(13)3-2-4-15(16)17(18,19)20/h2-8,13,21H,9-10H2,1H3. The summed E-state index contributed by atoms with van der Waals surface area (Å²) in [5.74, 6) is 0.0177. The molecular formula is C17H16F3N. The lowest BCUT2D eigenvalue weighted by Crippen LogP contribution is -2.21. The molecule has 2 aromatic rings. The third kappa shape index (κ3) is 2.62.